The van der Waals surface area contributed by atoms with Crippen molar-refractivity contribution in [2.75, 3.05) is 38.6 Å². The van der Waals surface area contributed by atoms with Crippen molar-refractivity contribution in [3.63, 3.8) is 0 Å². The van der Waals surface area contributed by atoms with Gasteiger partial charge in [0.15, 0.2) is 0 Å². The van der Waals surface area contributed by atoms with Crippen LogP contribution in [0, 0.1) is 0 Å². The predicted molar refractivity (Wildman–Crippen MR) is 87.6 cm³/mol. The van der Waals surface area contributed by atoms with E-state index in [1.807, 2.05) is 41.3 Å². The molecule has 0 bridgehead atoms. The van der Waals surface area contributed by atoms with Gasteiger partial charge in [-0.1, -0.05) is 12.1 Å². The molecule has 23 heavy (non-hydrogen) atoms. The second-order valence-electron chi connectivity index (χ2n) is 5.47. The molecule has 1 fully saturated rings. The second-order valence-corrected chi connectivity index (χ2v) is 5.47. The van der Waals surface area contributed by atoms with E-state index in [9.17, 15) is 4.79 Å². The number of para-hydroxylation sites is 2. The second kappa shape index (κ2) is 7.19. The van der Waals surface area contributed by atoms with E-state index in [-0.39, 0.29) is 6.03 Å². The Labute approximate surface area is 135 Å². The number of carbonyl (C=O) groups excluding carboxylic acids is 1. The molecule has 6 nitrogen and oxygen atoms in total. The smallest absolute Gasteiger partial charge is 0.322 e. The van der Waals surface area contributed by atoms with Crippen LogP contribution >= 0.6 is 0 Å². The lowest BCUT2D eigenvalue weighted by Crippen LogP contribution is -2.49. The molecule has 2 heterocycles. The molecule has 1 aromatic heterocycles. The van der Waals surface area contributed by atoms with Crippen LogP contribution in [0.2, 0.25) is 0 Å². The molecule has 0 atom stereocenters. The van der Waals surface area contributed by atoms with E-state index in [4.69, 9.17) is 9.15 Å². The van der Waals surface area contributed by atoms with Crippen LogP contribution in [0.1, 0.15) is 5.76 Å². The fourth-order valence-electron chi connectivity index (χ4n) is 2.67. The largest absolute Gasteiger partial charge is 0.495 e. The van der Waals surface area contributed by atoms with Gasteiger partial charge in [-0.25, -0.2) is 4.79 Å². The molecule has 6 heteroatoms. The van der Waals surface area contributed by atoms with Crippen LogP contribution in [0.15, 0.2) is 47.1 Å². The first-order chi connectivity index (χ1) is 11.3. The average molecular weight is 315 g/mol. The minimum Gasteiger partial charge on any atom is -0.495 e. The number of furan rings is 1. The van der Waals surface area contributed by atoms with Gasteiger partial charge in [0.2, 0.25) is 0 Å². The number of hydrogen-bond donors (Lipinski definition) is 1. The number of methoxy groups -OCH3 is 1. The molecule has 2 amide bonds. The van der Waals surface area contributed by atoms with E-state index in [1.54, 1.807) is 13.4 Å². The molecule has 122 valence electrons. The van der Waals surface area contributed by atoms with Gasteiger partial charge in [0.05, 0.1) is 25.6 Å². The van der Waals surface area contributed by atoms with Crippen molar-refractivity contribution in [3.8, 4) is 5.75 Å². The van der Waals surface area contributed by atoms with Gasteiger partial charge in [-0.2, -0.15) is 0 Å². The van der Waals surface area contributed by atoms with Gasteiger partial charge in [0, 0.05) is 26.2 Å². The summed E-state index contributed by atoms with van der Waals surface area (Å²) in [4.78, 5) is 16.5. The molecule has 0 spiro atoms. The molecule has 0 radical (unpaired) electrons. The molecule has 1 N–H and O–H groups in total. The van der Waals surface area contributed by atoms with E-state index in [0.717, 1.165) is 25.4 Å². The number of piperazine rings is 1. The standard InChI is InChI=1S/C17H21N3O3/c1-22-16-7-3-2-6-15(16)18-17(21)20-10-8-19(9-11-20)13-14-5-4-12-23-14/h2-7,12H,8-11,13H2,1H3,(H,18,21). The van der Waals surface area contributed by atoms with E-state index in [0.29, 0.717) is 24.5 Å². The Bertz CT molecular complexity index is 634. The van der Waals surface area contributed by atoms with E-state index in [1.165, 1.54) is 0 Å². The molecular weight excluding hydrogens is 294 g/mol. The van der Waals surface area contributed by atoms with Crippen molar-refractivity contribution in [2.24, 2.45) is 0 Å². The number of carbonyl (C=O) groups is 1. The third-order valence-electron chi connectivity index (χ3n) is 3.97. The Morgan fingerprint density at radius 1 is 1.17 bits per heavy atom. The highest BCUT2D eigenvalue weighted by atomic mass is 16.5. The van der Waals surface area contributed by atoms with Gasteiger partial charge in [0.1, 0.15) is 11.5 Å². The van der Waals surface area contributed by atoms with E-state index < -0.39 is 0 Å². The zero-order chi connectivity index (χ0) is 16.1. The lowest BCUT2D eigenvalue weighted by Gasteiger charge is -2.34. The van der Waals surface area contributed by atoms with Crippen LogP contribution in [0.3, 0.4) is 0 Å². The summed E-state index contributed by atoms with van der Waals surface area (Å²) in [6.45, 7) is 3.85. The monoisotopic (exact) mass is 315 g/mol. The summed E-state index contributed by atoms with van der Waals surface area (Å²) < 4.78 is 10.6. The number of amides is 2. The number of urea groups is 1. The van der Waals surface area contributed by atoms with Crippen molar-refractivity contribution in [2.45, 2.75) is 6.54 Å². The lowest BCUT2D eigenvalue weighted by atomic mass is 10.3. The quantitative estimate of drug-likeness (QED) is 0.942. The average Bonchev–Trinajstić information content (AvgIpc) is 3.09. The molecule has 3 rings (SSSR count). The number of hydrogen-bond acceptors (Lipinski definition) is 4. The van der Waals surface area contributed by atoms with Gasteiger partial charge >= 0.3 is 6.03 Å². The molecule has 1 aliphatic rings. The molecule has 1 saturated heterocycles. The van der Waals surface area contributed by atoms with Crippen LogP contribution in [-0.2, 0) is 6.54 Å². The van der Waals surface area contributed by atoms with Gasteiger partial charge in [-0.15, -0.1) is 0 Å². The van der Waals surface area contributed by atoms with Gasteiger partial charge in [0.25, 0.3) is 0 Å². The molecule has 0 unspecified atom stereocenters. The summed E-state index contributed by atoms with van der Waals surface area (Å²) in [5, 5.41) is 2.92. The summed E-state index contributed by atoms with van der Waals surface area (Å²) >= 11 is 0. The lowest BCUT2D eigenvalue weighted by molar-refractivity contribution is 0.137. The van der Waals surface area contributed by atoms with Crippen LogP contribution in [0.5, 0.6) is 5.75 Å². The summed E-state index contributed by atoms with van der Waals surface area (Å²) in [6.07, 6.45) is 1.69. The van der Waals surface area contributed by atoms with Crippen molar-refractivity contribution < 1.29 is 13.9 Å². The summed E-state index contributed by atoms with van der Waals surface area (Å²) in [6, 6.07) is 11.2. The Hall–Kier alpha value is -2.47. The SMILES string of the molecule is COc1ccccc1NC(=O)N1CCN(Cc2ccco2)CC1. The first-order valence-corrected chi connectivity index (χ1v) is 7.70. The number of rotatable bonds is 4. The Morgan fingerprint density at radius 3 is 2.65 bits per heavy atom. The van der Waals surface area contributed by atoms with E-state index >= 15 is 0 Å². The number of nitrogens with one attached hydrogen (secondary N) is 1. The van der Waals surface area contributed by atoms with Crippen molar-refractivity contribution in [1.82, 2.24) is 9.80 Å². The molecule has 1 aromatic carbocycles. The normalized spacial score (nSPS) is 15.4. The van der Waals surface area contributed by atoms with Crippen molar-refractivity contribution in [1.29, 1.82) is 0 Å². The Balaban J connectivity index is 1.52. The molecular formula is C17H21N3O3. The van der Waals surface area contributed by atoms with Crippen molar-refractivity contribution >= 4 is 11.7 Å². The third-order valence-corrected chi connectivity index (χ3v) is 3.97. The fourth-order valence-corrected chi connectivity index (χ4v) is 2.67. The molecule has 2 aromatic rings. The number of anilines is 1. The highest BCUT2D eigenvalue weighted by molar-refractivity contribution is 5.91. The van der Waals surface area contributed by atoms with Crippen LogP contribution in [-0.4, -0.2) is 49.1 Å². The maximum absolute atomic E-state index is 12.4. The van der Waals surface area contributed by atoms with Crippen LogP contribution in [0.4, 0.5) is 10.5 Å². The fraction of sp³-hybridized carbons (Fsp3) is 0.353. The number of benzene rings is 1. The summed E-state index contributed by atoms with van der Waals surface area (Å²) in [5.41, 5.74) is 0.693. The molecule has 1 aliphatic heterocycles. The maximum atomic E-state index is 12.4. The summed E-state index contributed by atoms with van der Waals surface area (Å²) in [7, 11) is 1.60. The van der Waals surface area contributed by atoms with Crippen LogP contribution in [0.25, 0.3) is 0 Å². The van der Waals surface area contributed by atoms with Crippen molar-refractivity contribution in [3.05, 3.63) is 48.4 Å². The first-order valence-electron chi connectivity index (χ1n) is 7.70. The number of nitrogens with zero attached hydrogens (tertiary/aromatic N) is 2. The summed E-state index contributed by atoms with van der Waals surface area (Å²) in [5.74, 6) is 1.62. The zero-order valence-corrected chi connectivity index (χ0v) is 13.2. The topological polar surface area (TPSA) is 58.0 Å². The molecule has 0 aliphatic carbocycles. The maximum Gasteiger partial charge on any atom is 0.322 e. The highest BCUT2D eigenvalue weighted by Gasteiger charge is 2.22. The minimum atomic E-state index is -0.0906. The Morgan fingerprint density at radius 2 is 1.96 bits per heavy atom. The number of ether oxygens (including phenoxy) is 1. The minimum absolute atomic E-state index is 0.0906. The predicted octanol–water partition coefficient (Wildman–Crippen LogP) is 2.64. The van der Waals surface area contributed by atoms with Gasteiger partial charge in [-0.05, 0) is 24.3 Å². The van der Waals surface area contributed by atoms with E-state index in [2.05, 4.69) is 10.2 Å². The van der Waals surface area contributed by atoms with Gasteiger partial charge in [-0.3, -0.25) is 4.90 Å². The first kappa shape index (κ1) is 15.4. The molecule has 0 saturated carbocycles. The zero-order valence-electron chi connectivity index (χ0n) is 13.2. The highest BCUT2D eigenvalue weighted by Crippen LogP contribution is 2.23. The Kier molecular flexibility index (Phi) is 4.83. The van der Waals surface area contributed by atoms with Gasteiger partial charge < -0.3 is 19.4 Å². The third kappa shape index (κ3) is 3.84. The van der Waals surface area contributed by atoms with Crippen LogP contribution < -0.4 is 10.1 Å².